The van der Waals surface area contributed by atoms with Crippen molar-refractivity contribution in [3.05, 3.63) is 0 Å². The molecule has 22 heavy (non-hydrogen) atoms. The van der Waals surface area contributed by atoms with Crippen LogP contribution in [0.5, 0.6) is 0 Å². The van der Waals surface area contributed by atoms with E-state index < -0.39 is 6.29 Å². The molecule has 0 aromatic carbocycles. The Kier molecular flexibility index (Phi) is 6.58. The van der Waals surface area contributed by atoms with E-state index in [1.807, 2.05) is 20.9 Å². The molecule has 2 aliphatic rings. The van der Waals surface area contributed by atoms with Crippen molar-refractivity contribution < 1.29 is 28.8 Å². The van der Waals surface area contributed by atoms with Gasteiger partial charge in [-0.1, -0.05) is 0 Å². The number of methoxy groups -OCH3 is 2. The van der Waals surface area contributed by atoms with Gasteiger partial charge in [-0.3, -0.25) is 0 Å². The summed E-state index contributed by atoms with van der Waals surface area (Å²) < 4.78 is 28.5. The van der Waals surface area contributed by atoms with Crippen molar-refractivity contribution in [1.29, 1.82) is 0 Å². The van der Waals surface area contributed by atoms with Crippen molar-refractivity contribution in [1.82, 2.24) is 5.32 Å². The predicted octanol–water partition coefficient (Wildman–Crippen LogP) is 0.252. The van der Waals surface area contributed by atoms with Gasteiger partial charge in [0, 0.05) is 27.1 Å². The fraction of sp³-hybridized carbons (Fsp3) is 1.00. The number of hydrogen-bond acceptors (Lipinski definition) is 7. The molecule has 0 aromatic rings. The highest BCUT2D eigenvalue weighted by molar-refractivity contribution is 4.89. The Hall–Kier alpha value is -0.280. The van der Waals surface area contributed by atoms with Gasteiger partial charge >= 0.3 is 0 Å². The summed E-state index contributed by atoms with van der Waals surface area (Å²) in [4.78, 5) is 0. The lowest BCUT2D eigenvalue weighted by Crippen LogP contribution is -2.57. The second kappa shape index (κ2) is 8.01. The molecule has 0 saturated carbocycles. The molecule has 130 valence electrons. The van der Waals surface area contributed by atoms with Gasteiger partial charge in [0.05, 0.1) is 30.5 Å². The summed E-state index contributed by atoms with van der Waals surface area (Å²) >= 11 is 0. The number of rotatable bonds is 5. The third-order valence-corrected chi connectivity index (χ3v) is 4.58. The number of aliphatic hydroxyl groups excluding tert-OH is 1. The summed E-state index contributed by atoms with van der Waals surface area (Å²) in [6.07, 6.45) is -0.953. The predicted molar refractivity (Wildman–Crippen MR) is 79.4 cm³/mol. The zero-order valence-electron chi connectivity index (χ0n) is 14.0. The summed E-state index contributed by atoms with van der Waals surface area (Å²) in [5, 5.41) is 12.9. The summed E-state index contributed by atoms with van der Waals surface area (Å²) in [6.45, 7) is 3.87. The van der Waals surface area contributed by atoms with E-state index in [4.69, 9.17) is 23.7 Å². The van der Waals surface area contributed by atoms with Crippen molar-refractivity contribution in [3.8, 4) is 0 Å². The number of nitrogens with one attached hydrogen (secondary N) is 1. The lowest BCUT2D eigenvalue weighted by atomic mass is 9.98. The van der Waals surface area contributed by atoms with Crippen LogP contribution in [-0.4, -0.2) is 75.5 Å². The van der Waals surface area contributed by atoms with Crippen LogP contribution < -0.4 is 5.32 Å². The molecule has 2 saturated heterocycles. The fourth-order valence-corrected chi connectivity index (χ4v) is 3.39. The van der Waals surface area contributed by atoms with E-state index in [0.717, 1.165) is 0 Å². The van der Waals surface area contributed by atoms with Gasteiger partial charge in [-0.05, 0) is 20.9 Å². The first-order chi connectivity index (χ1) is 10.5. The van der Waals surface area contributed by atoms with E-state index in [0.29, 0.717) is 12.8 Å². The molecule has 0 spiro atoms. The summed E-state index contributed by atoms with van der Waals surface area (Å²) in [6, 6.07) is 0.130. The molecular formula is C15H29NO6. The maximum Gasteiger partial charge on any atom is 0.161 e. The van der Waals surface area contributed by atoms with Gasteiger partial charge in [0.25, 0.3) is 0 Å². The first-order valence-electron chi connectivity index (χ1n) is 7.87. The van der Waals surface area contributed by atoms with Crippen LogP contribution in [0, 0.1) is 0 Å². The molecule has 2 rings (SSSR count). The molecular weight excluding hydrogens is 290 g/mol. The minimum absolute atomic E-state index is 0.0187. The number of hydrogen-bond donors (Lipinski definition) is 2. The molecule has 2 heterocycles. The molecule has 0 aliphatic carbocycles. The normalized spacial score (nSPS) is 46.6. The quantitative estimate of drug-likeness (QED) is 0.752. The van der Waals surface area contributed by atoms with Crippen molar-refractivity contribution >= 4 is 0 Å². The van der Waals surface area contributed by atoms with Crippen molar-refractivity contribution in [3.63, 3.8) is 0 Å². The van der Waals surface area contributed by atoms with Gasteiger partial charge in [-0.15, -0.1) is 0 Å². The fourth-order valence-electron chi connectivity index (χ4n) is 3.39. The highest BCUT2D eigenvalue weighted by atomic mass is 16.7. The van der Waals surface area contributed by atoms with Crippen LogP contribution in [0.25, 0.3) is 0 Å². The Morgan fingerprint density at radius 3 is 2.27 bits per heavy atom. The molecule has 8 atom stereocenters. The highest BCUT2D eigenvalue weighted by Crippen LogP contribution is 2.29. The summed E-state index contributed by atoms with van der Waals surface area (Å²) in [7, 11) is 5.22. The zero-order valence-corrected chi connectivity index (χ0v) is 14.0. The highest BCUT2D eigenvalue weighted by Gasteiger charge is 2.42. The second-order valence-corrected chi connectivity index (χ2v) is 6.00. The van der Waals surface area contributed by atoms with Gasteiger partial charge in [-0.25, -0.2) is 0 Å². The molecule has 7 nitrogen and oxygen atoms in total. The number of likely N-dealkylation sites (N-methyl/N-ethyl adjacent to an activating group) is 1. The largest absolute Gasteiger partial charge is 0.380 e. The molecule has 2 N–H and O–H groups in total. The Bertz CT molecular complexity index is 344. The molecule has 2 fully saturated rings. The van der Waals surface area contributed by atoms with Crippen LogP contribution in [0.3, 0.4) is 0 Å². The van der Waals surface area contributed by atoms with Gasteiger partial charge in [0.2, 0.25) is 0 Å². The topological polar surface area (TPSA) is 78.4 Å². The lowest BCUT2D eigenvalue weighted by molar-refractivity contribution is -0.301. The van der Waals surface area contributed by atoms with Crippen molar-refractivity contribution in [2.24, 2.45) is 0 Å². The Balaban J connectivity index is 2.00. The summed E-state index contributed by atoms with van der Waals surface area (Å²) in [5.41, 5.74) is 0. The monoisotopic (exact) mass is 319 g/mol. The lowest BCUT2D eigenvalue weighted by Gasteiger charge is -2.44. The van der Waals surface area contributed by atoms with Crippen LogP contribution in [0.15, 0.2) is 0 Å². The number of aliphatic hydroxyl groups is 1. The first-order valence-corrected chi connectivity index (χ1v) is 7.87. The van der Waals surface area contributed by atoms with Crippen LogP contribution in [-0.2, 0) is 23.7 Å². The Morgan fingerprint density at radius 1 is 1.00 bits per heavy atom. The molecule has 0 aromatic heterocycles. The van der Waals surface area contributed by atoms with Crippen molar-refractivity contribution in [2.45, 2.75) is 75.8 Å². The van der Waals surface area contributed by atoms with Gasteiger partial charge in [0.15, 0.2) is 12.6 Å². The van der Waals surface area contributed by atoms with Crippen molar-refractivity contribution in [2.75, 3.05) is 21.3 Å². The Labute approximate surface area is 132 Å². The molecule has 0 unspecified atom stereocenters. The molecule has 2 aliphatic heterocycles. The molecule has 7 heteroatoms. The third kappa shape index (κ3) is 3.97. The van der Waals surface area contributed by atoms with Crippen LogP contribution >= 0.6 is 0 Å². The number of ether oxygens (including phenoxy) is 5. The van der Waals surface area contributed by atoms with Crippen LogP contribution in [0.2, 0.25) is 0 Å². The van der Waals surface area contributed by atoms with Gasteiger partial charge in [-0.2, -0.15) is 0 Å². The maximum atomic E-state index is 9.68. The standard InChI is InChI=1S/C15H29NO6/c1-8-14(16-3)10(18-4)7-13(21-8)22-15-9(2)20-12(17)6-11(15)19-5/h8-17H,6-7H2,1-5H3/t8-,9-,10-,11-,12+,13-,14+,15-/m0/s1. The average Bonchev–Trinajstić information content (AvgIpc) is 2.48. The third-order valence-electron chi connectivity index (χ3n) is 4.58. The van der Waals surface area contributed by atoms with E-state index in [2.05, 4.69) is 5.32 Å². The van der Waals surface area contributed by atoms with E-state index >= 15 is 0 Å². The van der Waals surface area contributed by atoms with Gasteiger partial charge in [0.1, 0.15) is 6.10 Å². The average molecular weight is 319 g/mol. The molecule has 0 radical (unpaired) electrons. The smallest absolute Gasteiger partial charge is 0.161 e. The van der Waals surface area contributed by atoms with E-state index in [1.54, 1.807) is 14.2 Å². The zero-order chi connectivity index (χ0) is 16.3. The van der Waals surface area contributed by atoms with Crippen LogP contribution in [0.4, 0.5) is 0 Å². The molecule has 0 amide bonds. The van der Waals surface area contributed by atoms with E-state index in [9.17, 15) is 5.11 Å². The summed E-state index contributed by atoms with van der Waals surface area (Å²) in [5.74, 6) is 0. The minimum Gasteiger partial charge on any atom is -0.380 e. The SMILES string of the molecule is CN[C@@H]1[C@H](C)O[C@@H](O[C@H]2[C@H](C)O[C@@H](O)C[C@@H]2OC)C[C@@H]1OC. The minimum atomic E-state index is -0.814. The molecule has 0 bridgehead atoms. The second-order valence-electron chi connectivity index (χ2n) is 6.00. The first kappa shape index (κ1) is 18.1. The Morgan fingerprint density at radius 2 is 1.68 bits per heavy atom. The van der Waals surface area contributed by atoms with E-state index in [1.165, 1.54) is 0 Å². The van der Waals surface area contributed by atoms with Crippen LogP contribution in [0.1, 0.15) is 26.7 Å². The van der Waals surface area contributed by atoms with E-state index in [-0.39, 0.29) is 42.9 Å². The van der Waals surface area contributed by atoms with Gasteiger partial charge < -0.3 is 34.1 Å². The maximum absolute atomic E-state index is 9.68.